The summed E-state index contributed by atoms with van der Waals surface area (Å²) in [6.07, 6.45) is 3.57. The van der Waals surface area contributed by atoms with Gasteiger partial charge in [-0.1, -0.05) is 18.2 Å². The molecule has 4 N–H and O–H groups in total. The van der Waals surface area contributed by atoms with E-state index in [1.807, 2.05) is 42.6 Å². The molecular weight excluding hydrogens is 354 g/mol. The second kappa shape index (κ2) is 6.24. The molecule has 1 amide bonds. The summed E-state index contributed by atoms with van der Waals surface area (Å²) in [5.74, 6) is -0.391. The van der Waals surface area contributed by atoms with Gasteiger partial charge in [0.25, 0.3) is 5.91 Å². The topological polar surface area (TPSA) is 106 Å². The van der Waals surface area contributed by atoms with Gasteiger partial charge in [0.05, 0.1) is 17.4 Å². The Hall–Kier alpha value is -4.13. The van der Waals surface area contributed by atoms with Gasteiger partial charge in [0.2, 0.25) is 5.56 Å². The fourth-order valence-electron chi connectivity index (χ4n) is 3.42. The normalized spacial score (nSPS) is 11.1. The third-order valence-electron chi connectivity index (χ3n) is 4.73. The van der Waals surface area contributed by atoms with Crippen LogP contribution in [0, 0.1) is 0 Å². The molecule has 0 aliphatic heterocycles. The summed E-state index contributed by atoms with van der Waals surface area (Å²) in [6.45, 7) is 0. The number of nitrogens with zero attached hydrogens (tertiary/aromatic N) is 1. The van der Waals surface area contributed by atoms with Crippen molar-refractivity contribution in [2.45, 2.75) is 0 Å². The molecule has 28 heavy (non-hydrogen) atoms. The largest absolute Gasteiger partial charge is 0.361 e. The van der Waals surface area contributed by atoms with Crippen LogP contribution < -0.4 is 10.9 Å². The van der Waals surface area contributed by atoms with Gasteiger partial charge in [0.15, 0.2) is 0 Å². The van der Waals surface area contributed by atoms with Crippen molar-refractivity contribution in [1.82, 2.24) is 20.2 Å². The van der Waals surface area contributed by atoms with Crippen molar-refractivity contribution >= 4 is 33.4 Å². The van der Waals surface area contributed by atoms with Crippen LogP contribution in [0.25, 0.3) is 32.9 Å². The van der Waals surface area contributed by atoms with Gasteiger partial charge < -0.3 is 15.3 Å². The minimum absolute atomic E-state index is 0.197. The Kier molecular flexibility index (Phi) is 3.58. The van der Waals surface area contributed by atoms with Crippen LogP contribution in [0.4, 0.5) is 5.69 Å². The summed E-state index contributed by atoms with van der Waals surface area (Å²) >= 11 is 0. The Balaban J connectivity index is 1.63. The van der Waals surface area contributed by atoms with Gasteiger partial charge in [0.1, 0.15) is 5.69 Å². The number of carbonyl (C=O) groups excluding carboxylic acids is 1. The van der Waals surface area contributed by atoms with Crippen molar-refractivity contribution < 1.29 is 4.79 Å². The molecule has 3 heterocycles. The van der Waals surface area contributed by atoms with Crippen LogP contribution in [0.2, 0.25) is 0 Å². The van der Waals surface area contributed by atoms with E-state index in [9.17, 15) is 9.59 Å². The molecule has 0 bridgehead atoms. The fraction of sp³-hybridized carbons (Fsp3) is 0. The number of fused-ring (bicyclic) bond motifs is 2. The van der Waals surface area contributed by atoms with Crippen LogP contribution in [0.15, 0.2) is 71.8 Å². The maximum absolute atomic E-state index is 12.6. The highest BCUT2D eigenvalue weighted by Crippen LogP contribution is 2.34. The van der Waals surface area contributed by atoms with E-state index in [1.165, 1.54) is 6.07 Å². The maximum Gasteiger partial charge on any atom is 0.272 e. The first-order valence-electron chi connectivity index (χ1n) is 8.73. The van der Waals surface area contributed by atoms with Crippen molar-refractivity contribution in [3.63, 3.8) is 0 Å². The molecule has 7 heteroatoms. The Bertz CT molecular complexity index is 1390. The molecular formula is C21H15N5O2. The minimum atomic E-state index is -0.391. The number of nitrogens with one attached hydrogen (secondary N) is 4. The zero-order chi connectivity index (χ0) is 19.1. The minimum Gasteiger partial charge on any atom is -0.361 e. The maximum atomic E-state index is 12.6. The van der Waals surface area contributed by atoms with Crippen LogP contribution in [-0.2, 0) is 0 Å². The van der Waals surface area contributed by atoms with E-state index in [-0.39, 0.29) is 11.3 Å². The van der Waals surface area contributed by atoms with Crippen LogP contribution in [0.3, 0.4) is 0 Å². The molecule has 0 saturated carbocycles. The first-order chi connectivity index (χ1) is 13.7. The van der Waals surface area contributed by atoms with Gasteiger partial charge in [-0.15, -0.1) is 0 Å². The van der Waals surface area contributed by atoms with E-state index in [1.54, 1.807) is 18.3 Å². The first kappa shape index (κ1) is 16.1. The molecule has 0 atom stereocenters. The molecule has 0 fully saturated rings. The summed E-state index contributed by atoms with van der Waals surface area (Å²) in [7, 11) is 0. The number of rotatable bonds is 3. The first-order valence-corrected chi connectivity index (χ1v) is 8.73. The number of H-pyrrole nitrogens is 3. The lowest BCUT2D eigenvalue weighted by molar-refractivity contribution is 0.102. The molecule has 5 rings (SSSR count). The number of carbonyl (C=O) groups is 1. The Morgan fingerprint density at radius 2 is 1.86 bits per heavy atom. The van der Waals surface area contributed by atoms with Crippen molar-refractivity contribution in [3.8, 4) is 11.1 Å². The number of amides is 1. The number of aromatic amines is 3. The van der Waals surface area contributed by atoms with Gasteiger partial charge in [0, 0.05) is 28.6 Å². The van der Waals surface area contributed by atoms with Crippen molar-refractivity contribution in [2.24, 2.45) is 0 Å². The molecule has 0 radical (unpaired) electrons. The van der Waals surface area contributed by atoms with E-state index in [4.69, 9.17) is 0 Å². The highest BCUT2D eigenvalue weighted by Gasteiger charge is 2.14. The number of benzene rings is 2. The fourth-order valence-corrected chi connectivity index (χ4v) is 3.42. The molecule has 0 aliphatic carbocycles. The van der Waals surface area contributed by atoms with E-state index >= 15 is 0 Å². The lowest BCUT2D eigenvalue weighted by Crippen LogP contribution is -2.18. The zero-order valence-electron chi connectivity index (χ0n) is 14.6. The molecule has 0 saturated heterocycles. The van der Waals surface area contributed by atoms with Crippen LogP contribution in [-0.4, -0.2) is 26.1 Å². The van der Waals surface area contributed by atoms with Crippen molar-refractivity contribution in [2.75, 3.05) is 5.32 Å². The molecule has 2 aromatic carbocycles. The molecule has 5 aromatic rings. The highest BCUT2D eigenvalue weighted by atomic mass is 16.2. The Labute approximate surface area is 158 Å². The monoisotopic (exact) mass is 369 g/mol. The molecule has 0 aliphatic rings. The number of anilines is 1. The van der Waals surface area contributed by atoms with Crippen LogP contribution >= 0.6 is 0 Å². The average molecular weight is 369 g/mol. The van der Waals surface area contributed by atoms with Crippen molar-refractivity contribution in [3.05, 3.63) is 83.0 Å². The van der Waals surface area contributed by atoms with Gasteiger partial charge in [-0.05, 0) is 41.5 Å². The summed E-state index contributed by atoms with van der Waals surface area (Å²) < 4.78 is 0. The standard InChI is InChI=1S/C21H15N5O2/c27-20-6-2-5-17(24-20)21(28)25-18-9-12(10-19-15(18)11-23-26-19)13-3-1-4-16-14(13)7-8-22-16/h1-11,22H,(H,23,26)(H,24,27)(H,25,28). The Morgan fingerprint density at radius 3 is 2.75 bits per heavy atom. The predicted molar refractivity (Wildman–Crippen MR) is 108 cm³/mol. The summed E-state index contributed by atoms with van der Waals surface area (Å²) in [5.41, 5.74) is 4.31. The molecule has 0 unspecified atom stereocenters. The quantitative estimate of drug-likeness (QED) is 0.390. The average Bonchev–Trinajstić information content (AvgIpc) is 3.36. The van der Waals surface area contributed by atoms with Crippen LogP contribution in [0.5, 0.6) is 0 Å². The summed E-state index contributed by atoms with van der Waals surface area (Å²) in [6, 6.07) is 16.5. The van der Waals surface area contributed by atoms with E-state index in [0.29, 0.717) is 5.69 Å². The third kappa shape index (κ3) is 2.66. The molecule has 7 nitrogen and oxygen atoms in total. The van der Waals surface area contributed by atoms with Gasteiger partial charge in [-0.2, -0.15) is 5.10 Å². The van der Waals surface area contributed by atoms with Crippen LogP contribution in [0.1, 0.15) is 10.5 Å². The molecule has 0 spiro atoms. The highest BCUT2D eigenvalue weighted by molar-refractivity contribution is 6.09. The Morgan fingerprint density at radius 1 is 0.964 bits per heavy atom. The second-order valence-electron chi connectivity index (χ2n) is 6.48. The lowest BCUT2D eigenvalue weighted by atomic mass is 9.99. The molecule has 136 valence electrons. The number of aromatic nitrogens is 4. The third-order valence-corrected chi connectivity index (χ3v) is 4.73. The van der Waals surface area contributed by atoms with E-state index < -0.39 is 5.91 Å². The predicted octanol–water partition coefficient (Wildman–Crippen LogP) is 3.65. The summed E-state index contributed by atoms with van der Waals surface area (Å²) in [4.78, 5) is 29.9. The van der Waals surface area contributed by atoms with E-state index in [2.05, 4.69) is 25.5 Å². The second-order valence-corrected chi connectivity index (χ2v) is 6.48. The summed E-state index contributed by atoms with van der Waals surface area (Å²) in [5, 5.41) is 11.8. The SMILES string of the molecule is O=C(Nc1cc(-c2cccc3[nH]ccc23)cc2[nH]ncc12)c1cccc(=O)[nH]1. The lowest BCUT2D eigenvalue weighted by Gasteiger charge is -2.10. The smallest absolute Gasteiger partial charge is 0.272 e. The zero-order valence-corrected chi connectivity index (χ0v) is 14.6. The van der Waals surface area contributed by atoms with E-state index in [0.717, 1.165) is 32.9 Å². The number of hydrogen-bond acceptors (Lipinski definition) is 3. The van der Waals surface area contributed by atoms with Gasteiger partial charge >= 0.3 is 0 Å². The van der Waals surface area contributed by atoms with Gasteiger partial charge in [-0.25, -0.2) is 0 Å². The molecule has 3 aromatic heterocycles. The number of hydrogen-bond donors (Lipinski definition) is 4. The number of pyridine rings is 1. The van der Waals surface area contributed by atoms with Gasteiger partial charge in [-0.3, -0.25) is 14.7 Å². The van der Waals surface area contributed by atoms with Crippen molar-refractivity contribution in [1.29, 1.82) is 0 Å².